The number of amides is 1. The molecule has 36 heavy (non-hydrogen) atoms. The first kappa shape index (κ1) is 25.6. The van der Waals surface area contributed by atoms with Crippen LogP contribution in [0.5, 0.6) is 5.75 Å². The molecule has 1 N–H and O–H groups in total. The largest absolute Gasteiger partial charge is 0.494 e. The Morgan fingerprint density at radius 2 is 1.61 bits per heavy atom. The van der Waals surface area contributed by atoms with Crippen LogP contribution >= 0.6 is 11.8 Å². The highest BCUT2D eigenvalue weighted by molar-refractivity contribution is 7.98. The Kier molecular flexibility index (Phi) is 8.18. The van der Waals surface area contributed by atoms with Gasteiger partial charge in [-0.15, -0.1) is 11.8 Å². The quantitative estimate of drug-likeness (QED) is 0.281. The van der Waals surface area contributed by atoms with Crippen molar-refractivity contribution < 1.29 is 17.9 Å². The Bertz CT molecular complexity index is 1440. The maximum atomic E-state index is 13.6. The first-order valence-electron chi connectivity index (χ1n) is 11.5. The van der Waals surface area contributed by atoms with Gasteiger partial charge in [0.25, 0.3) is 10.0 Å². The minimum atomic E-state index is -3.99. The maximum Gasteiger partial charge on any atom is 0.264 e. The van der Waals surface area contributed by atoms with Crippen LogP contribution in [0.3, 0.4) is 0 Å². The number of benzene rings is 4. The summed E-state index contributed by atoms with van der Waals surface area (Å²) in [6.07, 6.45) is 1.93. The minimum absolute atomic E-state index is 0.122. The SMILES string of the molecule is CCOc1ccc(N(CC(=O)NCc2ccc3ccccc3c2)S(=O)(=O)c2ccc(SC)cc2)cc1. The van der Waals surface area contributed by atoms with E-state index >= 15 is 0 Å². The summed E-state index contributed by atoms with van der Waals surface area (Å²) in [6, 6.07) is 27.3. The molecule has 0 spiro atoms. The van der Waals surface area contributed by atoms with Gasteiger partial charge in [0.05, 0.1) is 17.2 Å². The number of sulfonamides is 1. The zero-order chi connectivity index (χ0) is 25.5. The fraction of sp³-hybridized carbons (Fsp3) is 0.179. The molecule has 0 bridgehead atoms. The van der Waals surface area contributed by atoms with Gasteiger partial charge >= 0.3 is 0 Å². The minimum Gasteiger partial charge on any atom is -0.494 e. The first-order valence-corrected chi connectivity index (χ1v) is 14.2. The summed E-state index contributed by atoms with van der Waals surface area (Å²) in [5, 5.41) is 5.06. The topological polar surface area (TPSA) is 75.7 Å². The summed E-state index contributed by atoms with van der Waals surface area (Å²) < 4.78 is 33.8. The van der Waals surface area contributed by atoms with Crippen LogP contribution < -0.4 is 14.4 Å². The van der Waals surface area contributed by atoms with Crippen molar-refractivity contribution in [1.82, 2.24) is 5.32 Å². The normalized spacial score (nSPS) is 11.3. The molecule has 0 aromatic heterocycles. The maximum absolute atomic E-state index is 13.6. The van der Waals surface area contributed by atoms with E-state index < -0.39 is 15.9 Å². The monoisotopic (exact) mass is 520 g/mol. The number of thioether (sulfide) groups is 1. The second-order valence-electron chi connectivity index (χ2n) is 8.07. The van der Waals surface area contributed by atoms with E-state index in [2.05, 4.69) is 5.32 Å². The molecule has 0 aliphatic carbocycles. The van der Waals surface area contributed by atoms with Gasteiger partial charge in [-0.1, -0.05) is 36.4 Å². The predicted octanol–water partition coefficient (Wildman–Crippen LogP) is 5.47. The van der Waals surface area contributed by atoms with Gasteiger partial charge in [0.15, 0.2) is 0 Å². The number of anilines is 1. The lowest BCUT2D eigenvalue weighted by atomic mass is 10.1. The third-order valence-corrected chi connectivity index (χ3v) is 8.21. The molecule has 0 fully saturated rings. The smallest absolute Gasteiger partial charge is 0.264 e. The number of ether oxygens (including phenoxy) is 1. The van der Waals surface area contributed by atoms with Crippen molar-refractivity contribution in [2.75, 3.05) is 23.7 Å². The van der Waals surface area contributed by atoms with Crippen molar-refractivity contribution in [2.45, 2.75) is 23.3 Å². The van der Waals surface area contributed by atoms with Gasteiger partial charge in [0.1, 0.15) is 12.3 Å². The summed E-state index contributed by atoms with van der Waals surface area (Å²) in [6.45, 7) is 2.32. The first-order chi connectivity index (χ1) is 17.4. The summed E-state index contributed by atoms with van der Waals surface area (Å²) in [7, 11) is -3.99. The van der Waals surface area contributed by atoms with Crippen molar-refractivity contribution in [3.8, 4) is 5.75 Å². The molecule has 6 nitrogen and oxygen atoms in total. The molecule has 0 saturated heterocycles. The Morgan fingerprint density at radius 1 is 0.917 bits per heavy atom. The molecule has 0 aliphatic rings. The fourth-order valence-electron chi connectivity index (χ4n) is 3.80. The van der Waals surface area contributed by atoms with Gasteiger partial charge in [-0.05, 0) is 84.1 Å². The van der Waals surface area contributed by atoms with Crippen molar-refractivity contribution >= 4 is 44.2 Å². The highest BCUT2D eigenvalue weighted by Crippen LogP contribution is 2.27. The van der Waals surface area contributed by atoms with Crippen molar-refractivity contribution in [3.63, 3.8) is 0 Å². The van der Waals surface area contributed by atoms with E-state index in [0.29, 0.717) is 24.6 Å². The molecule has 0 atom stereocenters. The number of carbonyl (C=O) groups is 1. The zero-order valence-electron chi connectivity index (χ0n) is 20.2. The number of hydrogen-bond acceptors (Lipinski definition) is 5. The molecular formula is C28H28N2O4S2. The molecule has 4 aromatic carbocycles. The fourth-order valence-corrected chi connectivity index (χ4v) is 5.63. The summed E-state index contributed by atoms with van der Waals surface area (Å²) in [4.78, 5) is 14.0. The molecule has 8 heteroatoms. The van der Waals surface area contributed by atoms with Gasteiger partial charge in [-0.2, -0.15) is 0 Å². The predicted molar refractivity (Wildman–Crippen MR) is 146 cm³/mol. The Hall–Kier alpha value is -3.49. The van der Waals surface area contributed by atoms with E-state index in [1.165, 1.54) is 11.8 Å². The second kappa shape index (κ2) is 11.5. The van der Waals surface area contributed by atoms with Crippen LogP contribution in [-0.2, 0) is 21.4 Å². The molecule has 1 amide bonds. The Labute approximate surface area is 216 Å². The highest BCUT2D eigenvalue weighted by atomic mass is 32.2. The van der Waals surface area contributed by atoms with Crippen molar-refractivity contribution in [2.24, 2.45) is 0 Å². The highest BCUT2D eigenvalue weighted by Gasteiger charge is 2.27. The number of nitrogens with zero attached hydrogens (tertiary/aromatic N) is 1. The molecule has 0 aliphatic heterocycles. The van der Waals surface area contributed by atoms with Gasteiger partial charge < -0.3 is 10.1 Å². The Morgan fingerprint density at radius 3 is 2.28 bits per heavy atom. The van der Waals surface area contributed by atoms with E-state index in [1.807, 2.05) is 55.6 Å². The number of rotatable bonds is 10. The summed E-state index contributed by atoms with van der Waals surface area (Å²) in [5.41, 5.74) is 1.32. The standard InChI is InChI=1S/C28H28N2O4S2/c1-3-34-25-12-10-24(11-13-25)30(36(32,33)27-16-14-26(35-2)15-17-27)20-28(31)29-19-21-8-9-22-6-4-5-7-23(22)18-21/h4-18H,3,19-20H2,1-2H3,(H,29,31). The molecule has 186 valence electrons. The molecule has 0 radical (unpaired) electrons. The van der Waals surface area contributed by atoms with Gasteiger partial charge in [0.2, 0.25) is 5.91 Å². The van der Waals surface area contributed by atoms with Crippen molar-refractivity contribution in [3.05, 3.63) is 96.6 Å². The lowest BCUT2D eigenvalue weighted by molar-refractivity contribution is -0.119. The van der Waals surface area contributed by atoms with Crippen LogP contribution in [0.15, 0.2) is 101 Å². The lowest BCUT2D eigenvalue weighted by Gasteiger charge is -2.24. The number of fused-ring (bicyclic) bond motifs is 1. The molecular weight excluding hydrogens is 492 g/mol. The zero-order valence-corrected chi connectivity index (χ0v) is 21.8. The van der Waals surface area contributed by atoms with Crippen molar-refractivity contribution in [1.29, 1.82) is 0 Å². The molecule has 4 rings (SSSR count). The molecule has 0 heterocycles. The van der Waals surface area contributed by atoms with Gasteiger partial charge in [-0.25, -0.2) is 8.42 Å². The van der Waals surface area contributed by atoms with Crippen LogP contribution in [0.1, 0.15) is 12.5 Å². The number of nitrogens with one attached hydrogen (secondary N) is 1. The van der Waals surface area contributed by atoms with Crippen LogP contribution in [0.4, 0.5) is 5.69 Å². The van der Waals surface area contributed by atoms with E-state index in [9.17, 15) is 13.2 Å². The number of carbonyl (C=O) groups excluding carboxylic acids is 1. The second-order valence-corrected chi connectivity index (χ2v) is 10.8. The number of hydrogen-bond donors (Lipinski definition) is 1. The van der Waals surface area contributed by atoms with E-state index in [1.54, 1.807) is 48.5 Å². The van der Waals surface area contributed by atoms with Gasteiger partial charge in [0, 0.05) is 11.4 Å². The van der Waals surface area contributed by atoms with Crippen LogP contribution in [-0.4, -0.2) is 33.7 Å². The average molecular weight is 521 g/mol. The third-order valence-electron chi connectivity index (χ3n) is 5.67. The van der Waals surface area contributed by atoms with E-state index in [-0.39, 0.29) is 11.4 Å². The van der Waals surface area contributed by atoms with E-state index in [0.717, 1.165) is 25.5 Å². The lowest BCUT2D eigenvalue weighted by Crippen LogP contribution is -2.40. The molecule has 4 aromatic rings. The molecule has 0 saturated carbocycles. The third kappa shape index (κ3) is 6.01. The molecule has 0 unspecified atom stereocenters. The van der Waals surface area contributed by atoms with Crippen LogP contribution in [0, 0.1) is 0 Å². The average Bonchev–Trinajstić information content (AvgIpc) is 2.91. The summed E-state index contributed by atoms with van der Waals surface area (Å²) in [5.74, 6) is 0.227. The Balaban J connectivity index is 1.56. The van der Waals surface area contributed by atoms with E-state index in [4.69, 9.17) is 4.74 Å². The summed E-state index contributed by atoms with van der Waals surface area (Å²) >= 11 is 1.53. The van der Waals surface area contributed by atoms with Crippen LogP contribution in [0.25, 0.3) is 10.8 Å². The van der Waals surface area contributed by atoms with Gasteiger partial charge in [-0.3, -0.25) is 9.10 Å². The van der Waals surface area contributed by atoms with Crippen LogP contribution in [0.2, 0.25) is 0 Å².